The first kappa shape index (κ1) is 18.3. The highest BCUT2D eigenvalue weighted by Crippen LogP contribution is 2.26. The predicted molar refractivity (Wildman–Crippen MR) is 97.6 cm³/mol. The Morgan fingerprint density at radius 3 is 2.67 bits per heavy atom. The topological polar surface area (TPSA) is 61.4 Å². The highest BCUT2D eigenvalue weighted by molar-refractivity contribution is 6.34. The molecule has 0 aliphatic heterocycles. The van der Waals surface area contributed by atoms with Crippen molar-refractivity contribution < 1.29 is 9.59 Å². The van der Waals surface area contributed by atoms with E-state index in [0.29, 0.717) is 22.8 Å². The molecule has 1 aliphatic carbocycles. The van der Waals surface area contributed by atoms with E-state index in [-0.39, 0.29) is 18.0 Å². The first-order valence-electron chi connectivity index (χ1n) is 8.25. The maximum atomic E-state index is 12.7. The van der Waals surface area contributed by atoms with Gasteiger partial charge in [-0.25, -0.2) is 4.79 Å². The van der Waals surface area contributed by atoms with Crippen LogP contribution in [0.3, 0.4) is 0 Å². The van der Waals surface area contributed by atoms with Crippen LogP contribution in [0.4, 0.5) is 10.5 Å². The zero-order valence-corrected chi connectivity index (χ0v) is 14.7. The summed E-state index contributed by atoms with van der Waals surface area (Å²) in [5.74, 6) is -0.0745. The van der Waals surface area contributed by atoms with Crippen molar-refractivity contribution in [3.05, 3.63) is 41.4 Å². The summed E-state index contributed by atoms with van der Waals surface area (Å²) in [6, 6.07) is 4.87. The van der Waals surface area contributed by atoms with Crippen molar-refractivity contribution >= 4 is 29.2 Å². The van der Waals surface area contributed by atoms with E-state index in [4.69, 9.17) is 11.6 Å². The zero-order chi connectivity index (χ0) is 17.5. The molecule has 6 heteroatoms. The third kappa shape index (κ3) is 4.74. The molecular formula is C18H24ClN3O2. The Labute approximate surface area is 148 Å². The summed E-state index contributed by atoms with van der Waals surface area (Å²) in [6.45, 7) is 3.91. The molecule has 0 heterocycles. The molecule has 130 valence electrons. The second-order valence-corrected chi connectivity index (χ2v) is 6.43. The minimum Gasteiger partial charge on any atom is -0.339 e. The van der Waals surface area contributed by atoms with Crippen LogP contribution in [0.15, 0.2) is 30.9 Å². The summed E-state index contributed by atoms with van der Waals surface area (Å²) < 4.78 is 0. The average Bonchev–Trinajstić information content (AvgIpc) is 2.59. The second kappa shape index (κ2) is 8.73. The number of halogens is 1. The molecule has 1 saturated carbocycles. The Bertz CT molecular complexity index is 612. The van der Waals surface area contributed by atoms with Gasteiger partial charge in [-0.15, -0.1) is 6.58 Å². The molecule has 24 heavy (non-hydrogen) atoms. The monoisotopic (exact) mass is 349 g/mol. The van der Waals surface area contributed by atoms with E-state index in [2.05, 4.69) is 17.2 Å². The van der Waals surface area contributed by atoms with Gasteiger partial charge in [-0.1, -0.05) is 36.9 Å². The van der Waals surface area contributed by atoms with E-state index < -0.39 is 0 Å². The lowest BCUT2D eigenvalue weighted by atomic mass is 9.94. The molecule has 0 saturated heterocycles. The van der Waals surface area contributed by atoms with Gasteiger partial charge >= 0.3 is 6.03 Å². The number of nitrogens with one attached hydrogen (secondary N) is 2. The van der Waals surface area contributed by atoms with E-state index in [1.807, 2.05) is 7.05 Å². The average molecular weight is 350 g/mol. The minimum absolute atomic E-state index is 0.0745. The van der Waals surface area contributed by atoms with Crippen molar-refractivity contribution in [1.82, 2.24) is 10.2 Å². The van der Waals surface area contributed by atoms with Crippen LogP contribution in [-0.2, 0) is 0 Å². The van der Waals surface area contributed by atoms with Gasteiger partial charge in [0, 0.05) is 25.3 Å². The Morgan fingerprint density at radius 1 is 1.33 bits per heavy atom. The summed E-state index contributed by atoms with van der Waals surface area (Å²) in [5.41, 5.74) is 1.00. The van der Waals surface area contributed by atoms with E-state index >= 15 is 0 Å². The van der Waals surface area contributed by atoms with Crippen LogP contribution in [-0.4, -0.2) is 36.5 Å². The lowest BCUT2D eigenvalue weighted by Gasteiger charge is -2.31. The smallest absolute Gasteiger partial charge is 0.319 e. The van der Waals surface area contributed by atoms with Gasteiger partial charge in [-0.2, -0.15) is 0 Å². The standard InChI is InChI=1S/C18H24ClN3O2/c1-3-11-20-18(24)21-13-9-10-15(16(19)12-13)17(23)22(2)14-7-5-4-6-8-14/h3,9-10,12,14H,1,4-8,11H2,2H3,(H2,20,21,24). The Hall–Kier alpha value is -2.01. The Kier molecular flexibility index (Phi) is 6.67. The molecule has 1 aromatic rings. The van der Waals surface area contributed by atoms with E-state index in [1.54, 1.807) is 29.2 Å². The van der Waals surface area contributed by atoms with Crippen LogP contribution in [0.25, 0.3) is 0 Å². The molecule has 1 aliphatic rings. The number of hydrogen-bond acceptors (Lipinski definition) is 2. The molecule has 2 rings (SSSR count). The van der Waals surface area contributed by atoms with Crippen molar-refractivity contribution in [2.75, 3.05) is 18.9 Å². The predicted octanol–water partition coefficient (Wildman–Crippen LogP) is 4.05. The summed E-state index contributed by atoms with van der Waals surface area (Å²) >= 11 is 6.26. The number of amides is 3. The van der Waals surface area contributed by atoms with Gasteiger partial charge in [-0.05, 0) is 31.0 Å². The minimum atomic E-state index is -0.343. The molecule has 0 atom stereocenters. The van der Waals surface area contributed by atoms with Crippen molar-refractivity contribution in [1.29, 1.82) is 0 Å². The molecule has 3 amide bonds. The number of rotatable bonds is 5. The first-order chi connectivity index (χ1) is 11.5. The van der Waals surface area contributed by atoms with Crippen molar-refractivity contribution in [2.45, 2.75) is 38.1 Å². The van der Waals surface area contributed by atoms with Gasteiger partial charge in [0.25, 0.3) is 5.91 Å². The van der Waals surface area contributed by atoms with Gasteiger partial charge < -0.3 is 15.5 Å². The van der Waals surface area contributed by atoms with E-state index in [0.717, 1.165) is 12.8 Å². The van der Waals surface area contributed by atoms with Crippen LogP contribution >= 0.6 is 11.6 Å². The zero-order valence-electron chi connectivity index (χ0n) is 14.0. The lowest BCUT2D eigenvalue weighted by Crippen LogP contribution is -2.38. The number of nitrogens with zero attached hydrogens (tertiary/aromatic N) is 1. The van der Waals surface area contributed by atoms with Crippen molar-refractivity contribution in [2.24, 2.45) is 0 Å². The van der Waals surface area contributed by atoms with Gasteiger partial charge in [0.1, 0.15) is 0 Å². The van der Waals surface area contributed by atoms with Crippen molar-refractivity contribution in [3.8, 4) is 0 Å². The Morgan fingerprint density at radius 2 is 2.04 bits per heavy atom. The molecule has 1 fully saturated rings. The number of hydrogen-bond donors (Lipinski definition) is 2. The second-order valence-electron chi connectivity index (χ2n) is 6.03. The van der Waals surface area contributed by atoms with Crippen LogP contribution < -0.4 is 10.6 Å². The van der Waals surface area contributed by atoms with Crippen molar-refractivity contribution in [3.63, 3.8) is 0 Å². The van der Waals surface area contributed by atoms with E-state index in [9.17, 15) is 9.59 Å². The van der Waals surface area contributed by atoms with Crippen LogP contribution in [0.1, 0.15) is 42.5 Å². The summed E-state index contributed by atoms with van der Waals surface area (Å²) in [6.07, 6.45) is 7.26. The summed E-state index contributed by atoms with van der Waals surface area (Å²) in [7, 11) is 1.84. The largest absolute Gasteiger partial charge is 0.339 e. The number of anilines is 1. The van der Waals surface area contributed by atoms with Gasteiger partial charge in [0.2, 0.25) is 0 Å². The highest BCUT2D eigenvalue weighted by Gasteiger charge is 2.24. The fraction of sp³-hybridized carbons (Fsp3) is 0.444. The molecule has 1 aromatic carbocycles. The number of carbonyl (C=O) groups excluding carboxylic acids is 2. The molecule has 0 radical (unpaired) electrons. The first-order valence-corrected chi connectivity index (χ1v) is 8.63. The summed E-state index contributed by atoms with van der Waals surface area (Å²) in [4.78, 5) is 26.1. The molecule has 0 unspecified atom stereocenters. The van der Waals surface area contributed by atoms with Gasteiger partial charge in [-0.3, -0.25) is 4.79 Å². The maximum Gasteiger partial charge on any atom is 0.319 e. The third-order valence-electron chi connectivity index (χ3n) is 4.31. The summed E-state index contributed by atoms with van der Waals surface area (Å²) in [5, 5.41) is 5.62. The molecule has 0 aromatic heterocycles. The van der Waals surface area contributed by atoms with Crippen LogP contribution in [0, 0.1) is 0 Å². The molecular weight excluding hydrogens is 326 g/mol. The lowest BCUT2D eigenvalue weighted by molar-refractivity contribution is 0.0696. The number of carbonyl (C=O) groups is 2. The fourth-order valence-corrected chi connectivity index (χ4v) is 3.19. The van der Waals surface area contributed by atoms with Gasteiger partial charge in [0.15, 0.2) is 0 Å². The molecule has 0 bridgehead atoms. The van der Waals surface area contributed by atoms with Gasteiger partial charge in [0.05, 0.1) is 10.6 Å². The third-order valence-corrected chi connectivity index (χ3v) is 4.62. The Balaban J connectivity index is 2.04. The maximum absolute atomic E-state index is 12.7. The molecule has 0 spiro atoms. The SMILES string of the molecule is C=CCNC(=O)Nc1ccc(C(=O)N(C)C2CCCCC2)c(Cl)c1. The van der Waals surface area contributed by atoms with Crippen LogP contribution in [0.2, 0.25) is 5.02 Å². The van der Waals surface area contributed by atoms with Crippen LogP contribution in [0.5, 0.6) is 0 Å². The molecule has 2 N–H and O–H groups in total. The van der Waals surface area contributed by atoms with E-state index in [1.165, 1.54) is 19.3 Å². The quantitative estimate of drug-likeness (QED) is 0.788. The highest BCUT2D eigenvalue weighted by atomic mass is 35.5. The number of urea groups is 1. The normalized spacial score (nSPS) is 14.8. The number of benzene rings is 1. The fourth-order valence-electron chi connectivity index (χ4n) is 2.93. The molecule has 5 nitrogen and oxygen atoms in total.